The highest BCUT2D eigenvalue weighted by Gasteiger charge is 2.29. The molecule has 0 unspecified atom stereocenters. The zero-order valence-electron chi connectivity index (χ0n) is 10.1. The maximum Gasteiger partial charge on any atom is 0.129 e. The maximum absolute atomic E-state index is 10.3. The fourth-order valence-corrected chi connectivity index (χ4v) is 1.96. The number of nitrogen functional groups attached to an aromatic ring is 1. The number of nitrogens with one attached hydrogen (secondary N) is 1. The third-order valence-electron chi connectivity index (χ3n) is 3.11. The second kappa shape index (κ2) is 4.89. The Morgan fingerprint density at radius 3 is 2.88 bits per heavy atom. The van der Waals surface area contributed by atoms with Crippen LogP contribution in [0, 0.1) is 6.92 Å². The van der Waals surface area contributed by atoms with Gasteiger partial charge < -0.3 is 20.9 Å². The van der Waals surface area contributed by atoms with E-state index in [0.717, 1.165) is 11.4 Å². The molecule has 1 aliphatic heterocycles. The summed E-state index contributed by atoms with van der Waals surface area (Å²) in [5, 5.41) is 13.5. The smallest absolute Gasteiger partial charge is 0.129 e. The highest BCUT2D eigenvalue weighted by molar-refractivity contribution is 5.50. The first kappa shape index (κ1) is 12.1. The van der Waals surface area contributed by atoms with E-state index in [2.05, 4.69) is 10.3 Å². The minimum absolute atomic E-state index is 0.494. The molecule has 0 aliphatic carbocycles. The molecule has 2 rings (SSSR count). The Labute approximate surface area is 101 Å². The Hall–Kier alpha value is -1.33. The van der Waals surface area contributed by atoms with E-state index < -0.39 is 5.60 Å². The molecular formula is C12H19N3O2. The third kappa shape index (κ3) is 3.08. The number of anilines is 2. The van der Waals surface area contributed by atoms with Crippen molar-refractivity contribution in [1.82, 2.24) is 4.98 Å². The van der Waals surface area contributed by atoms with Gasteiger partial charge in [-0.1, -0.05) is 0 Å². The van der Waals surface area contributed by atoms with E-state index in [0.29, 0.717) is 38.3 Å². The molecule has 0 spiro atoms. The first-order valence-corrected chi connectivity index (χ1v) is 5.85. The van der Waals surface area contributed by atoms with E-state index >= 15 is 0 Å². The highest BCUT2D eigenvalue weighted by atomic mass is 16.5. The Morgan fingerprint density at radius 1 is 1.53 bits per heavy atom. The number of rotatable bonds is 3. The second-order valence-corrected chi connectivity index (χ2v) is 4.62. The fourth-order valence-electron chi connectivity index (χ4n) is 1.96. The maximum atomic E-state index is 10.3. The molecule has 4 N–H and O–H groups in total. The lowest BCUT2D eigenvalue weighted by Gasteiger charge is -2.32. The summed E-state index contributed by atoms with van der Waals surface area (Å²) in [7, 11) is 0. The minimum atomic E-state index is -0.687. The number of hydrogen-bond donors (Lipinski definition) is 3. The number of pyridine rings is 1. The standard InChI is InChI=1S/C12H19N3O2/c1-9-6-10(13)7-14-11(9)15-8-12(16)2-4-17-5-3-12/h6-7,16H,2-5,8,13H2,1H3,(H,14,15). The van der Waals surface area contributed by atoms with Gasteiger partial charge in [-0.05, 0) is 18.6 Å². The van der Waals surface area contributed by atoms with Crippen LogP contribution in [-0.2, 0) is 4.74 Å². The summed E-state index contributed by atoms with van der Waals surface area (Å²) in [6.07, 6.45) is 2.94. The van der Waals surface area contributed by atoms with Gasteiger partial charge in [0.05, 0.1) is 17.5 Å². The largest absolute Gasteiger partial charge is 0.397 e. The summed E-state index contributed by atoms with van der Waals surface area (Å²) in [5.74, 6) is 0.777. The number of aliphatic hydroxyl groups is 1. The molecule has 0 atom stereocenters. The first-order chi connectivity index (χ1) is 8.09. The topological polar surface area (TPSA) is 80.4 Å². The van der Waals surface area contributed by atoms with Gasteiger partial charge in [-0.25, -0.2) is 4.98 Å². The van der Waals surface area contributed by atoms with Crippen molar-refractivity contribution in [3.8, 4) is 0 Å². The number of hydrogen-bond acceptors (Lipinski definition) is 5. The van der Waals surface area contributed by atoms with Gasteiger partial charge in [0.25, 0.3) is 0 Å². The molecule has 0 bridgehead atoms. The van der Waals surface area contributed by atoms with Gasteiger partial charge in [-0.15, -0.1) is 0 Å². The van der Waals surface area contributed by atoms with Gasteiger partial charge in [0.2, 0.25) is 0 Å². The van der Waals surface area contributed by atoms with Crippen molar-refractivity contribution in [3.05, 3.63) is 17.8 Å². The SMILES string of the molecule is Cc1cc(N)cnc1NCC1(O)CCOCC1. The van der Waals surface area contributed by atoms with E-state index in [4.69, 9.17) is 10.5 Å². The molecule has 2 heterocycles. The molecule has 0 aromatic carbocycles. The molecule has 0 radical (unpaired) electrons. The Balaban J connectivity index is 1.97. The van der Waals surface area contributed by atoms with Crippen LogP contribution in [0.3, 0.4) is 0 Å². The van der Waals surface area contributed by atoms with Crippen LogP contribution >= 0.6 is 0 Å². The average molecular weight is 237 g/mol. The molecule has 1 aromatic heterocycles. The summed E-state index contributed by atoms with van der Waals surface area (Å²) in [4.78, 5) is 4.21. The molecular weight excluding hydrogens is 218 g/mol. The Morgan fingerprint density at radius 2 is 2.24 bits per heavy atom. The van der Waals surface area contributed by atoms with E-state index in [9.17, 15) is 5.11 Å². The summed E-state index contributed by atoms with van der Waals surface area (Å²) in [6, 6.07) is 1.86. The Kier molecular flexibility index (Phi) is 3.49. The molecule has 5 nitrogen and oxygen atoms in total. The van der Waals surface area contributed by atoms with E-state index in [-0.39, 0.29) is 0 Å². The van der Waals surface area contributed by atoms with Crippen molar-refractivity contribution >= 4 is 11.5 Å². The normalized spacial score (nSPS) is 18.9. The zero-order valence-corrected chi connectivity index (χ0v) is 10.1. The molecule has 1 aliphatic rings. The van der Waals surface area contributed by atoms with Crippen molar-refractivity contribution in [3.63, 3.8) is 0 Å². The minimum Gasteiger partial charge on any atom is -0.397 e. The lowest BCUT2D eigenvalue weighted by Crippen LogP contribution is -2.42. The van der Waals surface area contributed by atoms with Crippen LogP contribution in [0.15, 0.2) is 12.3 Å². The quantitative estimate of drug-likeness (QED) is 0.728. The van der Waals surface area contributed by atoms with Crippen LogP contribution in [0.4, 0.5) is 11.5 Å². The number of nitrogens with two attached hydrogens (primary N) is 1. The fraction of sp³-hybridized carbons (Fsp3) is 0.583. The molecule has 94 valence electrons. The summed E-state index contributed by atoms with van der Waals surface area (Å²) in [5.41, 5.74) is 6.59. The van der Waals surface area contributed by atoms with Crippen LogP contribution < -0.4 is 11.1 Å². The van der Waals surface area contributed by atoms with Crippen molar-refractivity contribution in [2.75, 3.05) is 30.8 Å². The molecule has 1 aromatic rings. The van der Waals surface area contributed by atoms with Crippen LogP contribution in [0.2, 0.25) is 0 Å². The zero-order chi connectivity index (χ0) is 12.3. The lowest BCUT2D eigenvalue weighted by atomic mass is 9.94. The van der Waals surface area contributed by atoms with Crippen molar-refractivity contribution < 1.29 is 9.84 Å². The van der Waals surface area contributed by atoms with Gasteiger partial charge in [-0.3, -0.25) is 0 Å². The average Bonchev–Trinajstić information content (AvgIpc) is 2.29. The van der Waals surface area contributed by atoms with Crippen molar-refractivity contribution in [2.24, 2.45) is 0 Å². The first-order valence-electron chi connectivity index (χ1n) is 5.85. The van der Waals surface area contributed by atoms with E-state index in [1.807, 2.05) is 13.0 Å². The Bertz CT molecular complexity index is 389. The van der Waals surface area contributed by atoms with Gasteiger partial charge in [0, 0.05) is 32.6 Å². The van der Waals surface area contributed by atoms with E-state index in [1.54, 1.807) is 6.20 Å². The molecule has 1 saturated heterocycles. The van der Waals surface area contributed by atoms with Crippen LogP contribution in [0.25, 0.3) is 0 Å². The van der Waals surface area contributed by atoms with Crippen LogP contribution in [0.5, 0.6) is 0 Å². The number of nitrogens with zero attached hydrogens (tertiary/aromatic N) is 1. The van der Waals surface area contributed by atoms with Gasteiger partial charge in [-0.2, -0.15) is 0 Å². The third-order valence-corrected chi connectivity index (χ3v) is 3.11. The molecule has 5 heteroatoms. The van der Waals surface area contributed by atoms with Crippen molar-refractivity contribution in [2.45, 2.75) is 25.4 Å². The summed E-state index contributed by atoms with van der Waals surface area (Å²) < 4.78 is 5.24. The highest BCUT2D eigenvalue weighted by Crippen LogP contribution is 2.22. The number of aryl methyl sites for hydroxylation is 1. The molecule has 1 fully saturated rings. The van der Waals surface area contributed by atoms with Crippen molar-refractivity contribution in [1.29, 1.82) is 0 Å². The van der Waals surface area contributed by atoms with Crippen LogP contribution in [-0.4, -0.2) is 35.5 Å². The number of ether oxygens (including phenoxy) is 1. The molecule has 0 saturated carbocycles. The lowest BCUT2D eigenvalue weighted by molar-refractivity contribution is -0.0543. The number of aromatic nitrogens is 1. The monoisotopic (exact) mass is 237 g/mol. The summed E-state index contributed by atoms with van der Waals surface area (Å²) >= 11 is 0. The predicted molar refractivity (Wildman–Crippen MR) is 66.9 cm³/mol. The molecule has 17 heavy (non-hydrogen) atoms. The molecule has 0 amide bonds. The van der Waals surface area contributed by atoms with Crippen LogP contribution in [0.1, 0.15) is 18.4 Å². The van der Waals surface area contributed by atoms with Gasteiger partial charge >= 0.3 is 0 Å². The predicted octanol–water partition coefficient (Wildman–Crippen LogP) is 0.926. The van der Waals surface area contributed by atoms with Gasteiger partial charge in [0.15, 0.2) is 0 Å². The summed E-state index contributed by atoms with van der Waals surface area (Å²) in [6.45, 7) is 3.67. The second-order valence-electron chi connectivity index (χ2n) is 4.62. The van der Waals surface area contributed by atoms with Gasteiger partial charge in [0.1, 0.15) is 5.82 Å². The van der Waals surface area contributed by atoms with E-state index in [1.165, 1.54) is 0 Å².